The van der Waals surface area contributed by atoms with Crippen LogP contribution in [0.4, 0.5) is 4.39 Å². The Morgan fingerprint density at radius 2 is 2.11 bits per heavy atom. The highest BCUT2D eigenvalue weighted by Crippen LogP contribution is 2.15. The predicted molar refractivity (Wildman–Crippen MR) is 67.5 cm³/mol. The third-order valence-electron chi connectivity index (χ3n) is 1.93. The average molecular weight is 271 g/mol. The molecule has 0 unspecified atom stereocenters. The second-order valence-corrected chi connectivity index (χ2v) is 5.92. The zero-order valence-corrected chi connectivity index (χ0v) is 10.8. The standard InChI is InChI=1S/C12H14FNO3S/c1-18(15,16)6-5-17-12-8-10(3-2-4-14)7-11(13)9-12/h7-9H,4-6,14H2,1H3. The number of benzene rings is 1. The van der Waals surface area contributed by atoms with Crippen molar-refractivity contribution in [2.75, 3.05) is 25.2 Å². The topological polar surface area (TPSA) is 69.4 Å². The zero-order valence-electron chi connectivity index (χ0n) is 9.94. The van der Waals surface area contributed by atoms with Crippen LogP contribution in [0.25, 0.3) is 0 Å². The first-order chi connectivity index (χ1) is 8.40. The van der Waals surface area contributed by atoms with Crippen molar-refractivity contribution < 1.29 is 17.5 Å². The normalized spacial score (nSPS) is 10.6. The Morgan fingerprint density at radius 1 is 1.39 bits per heavy atom. The highest BCUT2D eigenvalue weighted by molar-refractivity contribution is 7.90. The molecule has 0 heterocycles. The minimum atomic E-state index is -3.09. The van der Waals surface area contributed by atoms with Gasteiger partial charge in [-0.2, -0.15) is 0 Å². The molecule has 0 aromatic heterocycles. The van der Waals surface area contributed by atoms with Crippen LogP contribution in [-0.2, 0) is 9.84 Å². The molecule has 1 aromatic carbocycles. The van der Waals surface area contributed by atoms with E-state index in [1.54, 1.807) is 0 Å². The first-order valence-electron chi connectivity index (χ1n) is 5.21. The monoisotopic (exact) mass is 271 g/mol. The van der Waals surface area contributed by atoms with Gasteiger partial charge in [-0.1, -0.05) is 11.8 Å². The fraction of sp³-hybridized carbons (Fsp3) is 0.333. The number of hydrogen-bond acceptors (Lipinski definition) is 4. The molecule has 1 rings (SSSR count). The van der Waals surface area contributed by atoms with Gasteiger partial charge in [0.1, 0.15) is 18.2 Å². The van der Waals surface area contributed by atoms with E-state index in [9.17, 15) is 12.8 Å². The molecule has 0 saturated heterocycles. The van der Waals surface area contributed by atoms with Gasteiger partial charge in [0.15, 0.2) is 9.84 Å². The van der Waals surface area contributed by atoms with Gasteiger partial charge in [-0.25, -0.2) is 12.8 Å². The van der Waals surface area contributed by atoms with Crippen molar-refractivity contribution in [3.8, 4) is 17.6 Å². The summed E-state index contributed by atoms with van der Waals surface area (Å²) in [6.07, 6.45) is 1.11. The van der Waals surface area contributed by atoms with Crippen molar-refractivity contribution in [2.24, 2.45) is 5.73 Å². The van der Waals surface area contributed by atoms with Crippen molar-refractivity contribution in [3.05, 3.63) is 29.6 Å². The van der Waals surface area contributed by atoms with E-state index in [1.807, 2.05) is 0 Å². The quantitative estimate of drug-likeness (QED) is 0.812. The molecule has 4 nitrogen and oxygen atoms in total. The number of rotatable bonds is 4. The predicted octanol–water partition coefficient (Wildman–Crippen LogP) is 0.559. The first kappa shape index (κ1) is 14.5. The van der Waals surface area contributed by atoms with E-state index >= 15 is 0 Å². The SMILES string of the molecule is CS(=O)(=O)CCOc1cc(F)cc(C#CCN)c1. The lowest BCUT2D eigenvalue weighted by molar-refractivity contribution is 0.339. The molecule has 0 bridgehead atoms. The molecule has 1 aromatic rings. The van der Waals surface area contributed by atoms with Gasteiger partial charge >= 0.3 is 0 Å². The molecule has 0 atom stereocenters. The Morgan fingerprint density at radius 3 is 2.72 bits per heavy atom. The highest BCUT2D eigenvalue weighted by Gasteiger charge is 2.04. The van der Waals surface area contributed by atoms with Gasteiger partial charge in [0.05, 0.1) is 12.3 Å². The zero-order chi connectivity index (χ0) is 13.6. The maximum atomic E-state index is 13.2. The summed E-state index contributed by atoms with van der Waals surface area (Å²) >= 11 is 0. The van der Waals surface area contributed by atoms with Crippen LogP contribution in [0.15, 0.2) is 18.2 Å². The van der Waals surface area contributed by atoms with Crippen molar-refractivity contribution in [1.29, 1.82) is 0 Å². The van der Waals surface area contributed by atoms with Gasteiger partial charge in [-0.05, 0) is 12.1 Å². The second kappa shape index (κ2) is 6.38. The van der Waals surface area contributed by atoms with Crippen molar-refractivity contribution >= 4 is 9.84 Å². The van der Waals surface area contributed by atoms with E-state index in [-0.39, 0.29) is 24.7 Å². The minimum Gasteiger partial charge on any atom is -0.492 e. The maximum Gasteiger partial charge on any atom is 0.150 e. The van der Waals surface area contributed by atoms with Crippen molar-refractivity contribution in [2.45, 2.75) is 0 Å². The Labute approximate surface area is 106 Å². The summed E-state index contributed by atoms with van der Waals surface area (Å²) in [6.45, 7) is 0.160. The molecular weight excluding hydrogens is 257 g/mol. The summed E-state index contributed by atoms with van der Waals surface area (Å²) in [7, 11) is -3.09. The Hall–Kier alpha value is -1.58. The van der Waals surface area contributed by atoms with Crippen LogP contribution >= 0.6 is 0 Å². The van der Waals surface area contributed by atoms with E-state index in [1.165, 1.54) is 18.2 Å². The summed E-state index contributed by atoms with van der Waals surface area (Å²) in [4.78, 5) is 0. The van der Waals surface area contributed by atoms with Crippen LogP contribution in [0.2, 0.25) is 0 Å². The molecule has 18 heavy (non-hydrogen) atoms. The van der Waals surface area contributed by atoms with Gasteiger partial charge in [0.2, 0.25) is 0 Å². The summed E-state index contributed by atoms with van der Waals surface area (Å²) in [5.41, 5.74) is 5.65. The molecule has 98 valence electrons. The van der Waals surface area contributed by atoms with E-state index in [0.29, 0.717) is 5.56 Å². The van der Waals surface area contributed by atoms with Crippen molar-refractivity contribution in [3.63, 3.8) is 0 Å². The molecule has 0 aliphatic rings. The van der Waals surface area contributed by atoms with E-state index in [0.717, 1.165) is 6.26 Å². The number of ether oxygens (including phenoxy) is 1. The van der Waals surface area contributed by atoms with Crippen LogP contribution in [0.5, 0.6) is 5.75 Å². The minimum absolute atomic E-state index is 0.0218. The smallest absolute Gasteiger partial charge is 0.150 e. The average Bonchev–Trinajstić information content (AvgIpc) is 2.24. The largest absolute Gasteiger partial charge is 0.492 e. The van der Waals surface area contributed by atoms with Crippen molar-refractivity contribution in [1.82, 2.24) is 0 Å². The van der Waals surface area contributed by atoms with Gasteiger partial charge in [0.25, 0.3) is 0 Å². The lowest BCUT2D eigenvalue weighted by atomic mass is 10.2. The molecule has 0 saturated carbocycles. The summed E-state index contributed by atoms with van der Waals surface area (Å²) in [5.74, 6) is 4.92. The Balaban J connectivity index is 2.74. The molecule has 0 spiro atoms. The molecule has 0 amide bonds. The number of hydrogen-bond donors (Lipinski definition) is 1. The molecule has 2 N–H and O–H groups in total. The van der Waals surface area contributed by atoms with E-state index in [4.69, 9.17) is 10.5 Å². The van der Waals surface area contributed by atoms with Crippen LogP contribution in [0, 0.1) is 17.7 Å². The third kappa shape index (κ3) is 5.66. The molecule has 6 heteroatoms. The number of sulfone groups is 1. The van der Waals surface area contributed by atoms with Gasteiger partial charge in [-0.3, -0.25) is 0 Å². The molecule has 0 fully saturated rings. The van der Waals surface area contributed by atoms with E-state index in [2.05, 4.69) is 11.8 Å². The first-order valence-corrected chi connectivity index (χ1v) is 7.27. The van der Waals surface area contributed by atoms with Crippen LogP contribution in [0.1, 0.15) is 5.56 Å². The lowest BCUT2D eigenvalue weighted by Crippen LogP contribution is -2.12. The summed E-state index contributed by atoms with van der Waals surface area (Å²) < 4.78 is 40.2. The van der Waals surface area contributed by atoms with E-state index < -0.39 is 15.7 Å². The Bertz CT molecular complexity index is 573. The third-order valence-corrected chi connectivity index (χ3v) is 2.84. The molecular formula is C12H14FNO3S. The molecule has 0 aliphatic heterocycles. The number of nitrogens with two attached hydrogens (primary N) is 1. The molecule has 0 aliphatic carbocycles. The van der Waals surface area contributed by atoms with Crippen LogP contribution in [0.3, 0.4) is 0 Å². The molecule has 0 radical (unpaired) electrons. The second-order valence-electron chi connectivity index (χ2n) is 3.66. The lowest BCUT2D eigenvalue weighted by Gasteiger charge is -2.06. The summed E-state index contributed by atoms with van der Waals surface area (Å²) in [5, 5.41) is 0. The maximum absolute atomic E-state index is 13.2. The van der Waals surface area contributed by atoms with Gasteiger partial charge in [-0.15, -0.1) is 0 Å². The van der Waals surface area contributed by atoms with Crippen LogP contribution < -0.4 is 10.5 Å². The van der Waals surface area contributed by atoms with Gasteiger partial charge in [0, 0.05) is 17.9 Å². The Kier molecular flexibility index (Phi) is 5.13. The fourth-order valence-corrected chi connectivity index (χ4v) is 1.57. The number of halogens is 1. The summed E-state index contributed by atoms with van der Waals surface area (Å²) in [6, 6.07) is 3.97. The van der Waals surface area contributed by atoms with Crippen LogP contribution in [-0.4, -0.2) is 33.6 Å². The van der Waals surface area contributed by atoms with Gasteiger partial charge < -0.3 is 10.5 Å². The fourth-order valence-electron chi connectivity index (χ4n) is 1.18. The highest BCUT2D eigenvalue weighted by atomic mass is 32.2.